The molecule has 196 valence electrons. The van der Waals surface area contributed by atoms with Crippen molar-refractivity contribution in [1.29, 1.82) is 0 Å². The van der Waals surface area contributed by atoms with Crippen molar-refractivity contribution in [3.05, 3.63) is 94.8 Å². The van der Waals surface area contributed by atoms with Gasteiger partial charge in [-0.15, -0.1) is 5.10 Å². The zero-order valence-corrected chi connectivity index (χ0v) is 22.0. The van der Waals surface area contributed by atoms with Crippen LogP contribution in [0.2, 0.25) is 0 Å². The molecule has 38 heavy (non-hydrogen) atoms. The van der Waals surface area contributed by atoms with Crippen LogP contribution in [0.3, 0.4) is 0 Å². The minimum atomic E-state index is -2.90. The van der Waals surface area contributed by atoms with Crippen LogP contribution in [0.25, 0.3) is 0 Å². The number of nitrogens with two attached hydrogens (primary N) is 1. The van der Waals surface area contributed by atoms with Gasteiger partial charge in [0.1, 0.15) is 18.0 Å². The van der Waals surface area contributed by atoms with Gasteiger partial charge in [0.15, 0.2) is 5.17 Å². The molecule has 0 aromatic heterocycles. The van der Waals surface area contributed by atoms with E-state index >= 15 is 0 Å². The zero-order chi connectivity index (χ0) is 27.3. The summed E-state index contributed by atoms with van der Waals surface area (Å²) in [4.78, 5) is 10.2. The summed E-state index contributed by atoms with van der Waals surface area (Å²) in [6.45, 7) is 4.99. The van der Waals surface area contributed by atoms with E-state index in [2.05, 4.69) is 34.0 Å². The van der Waals surface area contributed by atoms with Crippen LogP contribution >= 0.6 is 11.8 Å². The van der Waals surface area contributed by atoms with E-state index in [1.807, 2.05) is 23.1 Å². The van der Waals surface area contributed by atoms with Gasteiger partial charge in [-0.3, -0.25) is 0 Å². The van der Waals surface area contributed by atoms with Crippen LogP contribution < -0.4 is 10.6 Å². The predicted octanol–water partition coefficient (Wildman–Crippen LogP) is 7.03. The second-order valence-electron chi connectivity index (χ2n) is 9.00. The average molecular weight is 537 g/mol. The van der Waals surface area contributed by atoms with Crippen LogP contribution in [0.5, 0.6) is 0 Å². The molecule has 0 bridgehead atoms. The summed E-state index contributed by atoms with van der Waals surface area (Å²) in [5.41, 5.74) is 9.83. The molecule has 2 N–H and O–H groups in total. The number of aliphatic imine (C=N–C) groups is 2. The van der Waals surface area contributed by atoms with E-state index in [0.29, 0.717) is 22.3 Å². The lowest BCUT2D eigenvalue weighted by Crippen LogP contribution is -2.39. The van der Waals surface area contributed by atoms with Crippen LogP contribution in [-0.2, 0) is 5.92 Å². The van der Waals surface area contributed by atoms with Crippen LogP contribution in [0.15, 0.2) is 86.9 Å². The van der Waals surface area contributed by atoms with E-state index in [1.54, 1.807) is 30.1 Å². The largest absolute Gasteiger partial charge is 0.383 e. The van der Waals surface area contributed by atoms with Gasteiger partial charge in [-0.05, 0) is 41.3 Å². The fourth-order valence-corrected chi connectivity index (χ4v) is 4.35. The lowest BCUT2D eigenvalue weighted by atomic mass is 10.0. The molecule has 6 nitrogen and oxygen atoms in total. The maximum absolute atomic E-state index is 13.9. The molecule has 0 aliphatic carbocycles. The third kappa shape index (κ3) is 6.69. The van der Waals surface area contributed by atoms with E-state index in [4.69, 9.17) is 5.73 Å². The number of thioether (sulfide) groups is 1. The predicted molar refractivity (Wildman–Crippen MR) is 152 cm³/mol. The normalized spacial score (nSPS) is 15.7. The van der Waals surface area contributed by atoms with E-state index in [1.165, 1.54) is 42.7 Å². The smallest absolute Gasteiger partial charge is 0.270 e. The quantitative estimate of drug-likeness (QED) is 0.191. The SMILES string of the molecule is CC(C)c1ccc(F)cc1N1CS/C1=N\N=C\c1ccc(C(N)=NC=Nc2ccc(C(C)(F)F)cc2)cc1. The van der Waals surface area contributed by atoms with Crippen molar-refractivity contribution in [3.63, 3.8) is 0 Å². The van der Waals surface area contributed by atoms with Crippen LogP contribution in [0.1, 0.15) is 48.9 Å². The molecular weight excluding hydrogens is 509 g/mol. The summed E-state index contributed by atoms with van der Waals surface area (Å²) in [6.07, 6.45) is 2.91. The molecule has 0 amide bonds. The highest BCUT2D eigenvalue weighted by Gasteiger charge is 2.28. The fourth-order valence-electron chi connectivity index (χ4n) is 3.64. The van der Waals surface area contributed by atoms with Crippen LogP contribution in [0, 0.1) is 5.82 Å². The molecule has 0 atom stereocenters. The molecule has 0 spiro atoms. The number of halogens is 3. The zero-order valence-electron chi connectivity index (χ0n) is 21.1. The molecule has 0 radical (unpaired) electrons. The van der Waals surface area contributed by atoms with Gasteiger partial charge in [-0.2, -0.15) is 5.10 Å². The molecule has 1 fully saturated rings. The minimum Gasteiger partial charge on any atom is -0.383 e. The summed E-state index contributed by atoms with van der Waals surface area (Å²) in [5.74, 6) is -1.98. The molecule has 0 saturated carbocycles. The van der Waals surface area contributed by atoms with E-state index in [9.17, 15) is 13.2 Å². The number of anilines is 1. The minimum absolute atomic E-state index is 0.0786. The van der Waals surface area contributed by atoms with Crippen LogP contribution in [-0.4, -0.2) is 29.4 Å². The molecule has 1 saturated heterocycles. The van der Waals surface area contributed by atoms with Gasteiger partial charge in [0.25, 0.3) is 5.92 Å². The Morgan fingerprint density at radius 1 is 1.05 bits per heavy atom. The molecule has 3 aromatic carbocycles. The lowest BCUT2D eigenvalue weighted by Gasteiger charge is -2.35. The fraction of sp³-hybridized carbons (Fsp3) is 0.214. The Hall–Kier alpha value is -3.92. The van der Waals surface area contributed by atoms with Crippen molar-refractivity contribution in [2.24, 2.45) is 25.9 Å². The van der Waals surface area contributed by atoms with Gasteiger partial charge < -0.3 is 10.6 Å². The second-order valence-corrected chi connectivity index (χ2v) is 9.91. The summed E-state index contributed by atoms with van der Waals surface area (Å²) in [5, 5.41) is 9.20. The van der Waals surface area contributed by atoms with Gasteiger partial charge in [0.05, 0.1) is 23.5 Å². The highest BCUT2D eigenvalue weighted by molar-refractivity contribution is 8.16. The highest BCUT2D eigenvalue weighted by Crippen LogP contribution is 2.36. The molecule has 1 heterocycles. The topological polar surface area (TPSA) is 78.7 Å². The van der Waals surface area contributed by atoms with Crippen molar-refractivity contribution in [1.82, 2.24) is 0 Å². The molecule has 0 unspecified atom stereocenters. The Morgan fingerprint density at radius 3 is 2.37 bits per heavy atom. The number of amidine groups is 2. The maximum Gasteiger partial charge on any atom is 0.270 e. The molecule has 10 heteroatoms. The van der Waals surface area contributed by atoms with Crippen LogP contribution in [0.4, 0.5) is 24.5 Å². The van der Waals surface area contributed by atoms with Gasteiger partial charge in [0, 0.05) is 18.1 Å². The molecule has 3 aromatic rings. The van der Waals surface area contributed by atoms with Gasteiger partial charge in [-0.1, -0.05) is 68.1 Å². The molecular formula is C28H27F3N6S. The van der Waals surface area contributed by atoms with E-state index < -0.39 is 5.92 Å². The highest BCUT2D eigenvalue weighted by atomic mass is 32.2. The van der Waals surface area contributed by atoms with Crippen molar-refractivity contribution in [3.8, 4) is 0 Å². The number of alkyl halides is 2. The summed E-state index contributed by atoms with van der Waals surface area (Å²) in [7, 11) is 0. The van der Waals surface area contributed by atoms with Gasteiger partial charge in [-0.25, -0.2) is 23.2 Å². The first-order valence-corrected chi connectivity index (χ1v) is 12.9. The summed E-state index contributed by atoms with van der Waals surface area (Å²) in [6, 6.07) is 17.7. The Balaban J connectivity index is 1.38. The Labute approximate surface area is 223 Å². The average Bonchev–Trinajstić information content (AvgIpc) is 2.86. The molecule has 4 rings (SSSR count). The number of benzene rings is 3. The molecule has 1 aliphatic heterocycles. The lowest BCUT2D eigenvalue weighted by molar-refractivity contribution is 0.0175. The van der Waals surface area contributed by atoms with E-state index in [-0.39, 0.29) is 23.1 Å². The second kappa shape index (κ2) is 11.6. The standard InChI is InChI=1S/C28H27F3N6S/c1-18(2)24-13-10-22(29)14-25(24)37-17-38-27(37)36-35-15-19-4-6-20(7-5-19)26(32)34-16-33-23-11-8-21(9-12-23)28(3,30)31/h4-16,18H,17H2,1-3H3,(H2,32,33,34)/b35-15+,36-27-. The number of hydrogen-bond acceptors (Lipinski definition) is 4. The maximum atomic E-state index is 13.9. The van der Waals surface area contributed by atoms with Crippen molar-refractivity contribution in [2.45, 2.75) is 32.6 Å². The third-order valence-electron chi connectivity index (χ3n) is 5.79. The number of rotatable bonds is 8. The van der Waals surface area contributed by atoms with Crippen molar-refractivity contribution < 1.29 is 13.2 Å². The monoisotopic (exact) mass is 536 g/mol. The van der Waals surface area contributed by atoms with Gasteiger partial charge in [0.2, 0.25) is 0 Å². The first-order valence-electron chi connectivity index (χ1n) is 11.9. The molecule has 1 aliphatic rings. The number of nitrogens with zero attached hydrogens (tertiary/aromatic N) is 5. The Kier molecular flexibility index (Phi) is 8.31. The number of hydrogen-bond donors (Lipinski definition) is 1. The Bertz CT molecular complexity index is 1390. The van der Waals surface area contributed by atoms with Gasteiger partial charge >= 0.3 is 0 Å². The summed E-state index contributed by atoms with van der Waals surface area (Å²) < 4.78 is 40.5. The Morgan fingerprint density at radius 2 is 1.76 bits per heavy atom. The van der Waals surface area contributed by atoms with E-state index in [0.717, 1.165) is 23.7 Å². The third-order valence-corrected chi connectivity index (χ3v) is 6.74. The first-order chi connectivity index (χ1) is 18.1. The summed E-state index contributed by atoms with van der Waals surface area (Å²) >= 11 is 1.55. The first kappa shape index (κ1) is 27.1. The van der Waals surface area contributed by atoms with Crippen molar-refractivity contribution in [2.75, 3.05) is 10.8 Å². The van der Waals surface area contributed by atoms with Crippen molar-refractivity contribution >= 4 is 46.7 Å².